The summed E-state index contributed by atoms with van der Waals surface area (Å²) in [7, 11) is 1.50. The summed E-state index contributed by atoms with van der Waals surface area (Å²) in [6, 6.07) is 4.98. The Morgan fingerprint density at radius 1 is 1.39 bits per heavy atom. The van der Waals surface area contributed by atoms with E-state index in [4.69, 9.17) is 4.74 Å². The molecule has 0 saturated carbocycles. The highest BCUT2D eigenvalue weighted by Gasteiger charge is 2.64. The summed E-state index contributed by atoms with van der Waals surface area (Å²) in [4.78, 5) is 1.42. The summed E-state index contributed by atoms with van der Waals surface area (Å²) in [5, 5.41) is 2.65. The molecule has 1 atom stereocenters. The van der Waals surface area contributed by atoms with Gasteiger partial charge in [-0.25, -0.2) is 0 Å². The van der Waals surface area contributed by atoms with Crippen molar-refractivity contribution >= 4 is 11.4 Å². The number of nitrogens with zero attached hydrogens (tertiary/aromatic N) is 1. The highest BCUT2D eigenvalue weighted by Crippen LogP contribution is 2.53. The maximum atomic E-state index is 13.3. The van der Waals surface area contributed by atoms with Crippen molar-refractivity contribution in [2.75, 3.05) is 23.9 Å². The number of hydrogen-bond donors (Lipinski definition) is 1. The van der Waals surface area contributed by atoms with E-state index < -0.39 is 11.8 Å². The van der Waals surface area contributed by atoms with E-state index in [0.29, 0.717) is 30.1 Å². The van der Waals surface area contributed by atoms with Gasteiger partial charge in [-0.3, -0.25) is 0 Å². The molecule has 98 valence electrons. The fourth-order valence-electron chi connectivity index (χ4n) is 2.84. The molecule has 1 N–H and O–H groups in total. The largest absolute Gasteiger partial charge is 0.497 e. The first-order chi connectivity index (χ1) is 8.48. The summed E-state index contributed by atoms with van der Waals surface area (Å²) in [5.74, 6) is 0.555. The minimum absolute atomic E-state index is 0.0769. The Hall–Kier alpha value is -1.59. The minimum Gasteiger partial charge on any atom is -0.497 e. The van der Waals surface area contributed by atoms with Gasteiger partial charge in [0.25, 0.3) is 0 Å². The van der Waals surface area contributed by atoms with Crippen molar-refractivity contribution in [3.8, 4) is 5.75 Å². The molecule has 2 aliphatic rings. The van der Waals surface area contributed by atoms with Gasteiger partial charge in [-0.05, 0) is 18.6 Å². The molecule has 0 aromatic heterocycles. The Kier molecular flexibility index (Phi) is 2.21. The van der Waals surface area contributed by atoms with Crippen LogP contribution in [0.5, 0.6) is 5.75 Å². The van der Waals surface area contributed by atoms with Crippen molar-refractivity contribution in [1.29, 1.82) is 0 Å². The van der Waals surface area contributed by atoms with Gasteiger partial charge >= 0.3 is 6.18 Å². The van der Waals surface area contributed by atoms with Gasteiger partial charge in [0.05, 0.1) is 18.5 Å². The van der Waals surface area contributed by atoms with Gasteiger partial charge in [-0.15, -0.1) is 0 Å². The van der Waals surface area contributed by atoms with Crippen LogP contribution in [0.2, 0.25) is 0 Å². The SMILES string of the molecule is COc1ccc2c(c1)NC1(C(F)(F)F)CCCN21. The minimum atomic E-state index is -4.30. The van der Waals surface area contributed by atoms with Gasteiger partial charge in [-0.1, -0.05) is 0 Å². The Morgan fingerprint density at radius 3 is 2.83 bits per heavy atom. The third kappa shape index (κ3) is 1.31. The van der Waals surface area contributed by atoms with Crippen molar-refractivity contribution in [3.63, 3.8) is 0 Å². The highest BCUT2D eigenvalue weighted by molar-refractivity contribution is 5.80. The molecule has 0 spiro atoms. The summed E-state index contributed by atoms with van der Waals surface area (Å²) in [6.45, 7) is 0.422. The van der Waals surface area contributed by atoms with Crippen molar-refractivity contribution in [2.45, 2.75) is 24.7 Å². The molecule has 3 nitrogen and oxygen atoms in total. The monoisotopic (exact) mass is 258 g/mol. The lowest BCUT2D eigenvalue weighted by atomic mass is 10.1. The van der Waals surface area contributed by atoms with Crippen LogP contribution in [0.4, 0.5) is 24.5 Å². The predicted molar refractivity (Wildman–Crippen MR) is 62.0 cm³/mol. The van der Waals surface area contributed by atoms with Crippen molar-refractivity contribution in [1.82, 2.24) is 0 Å². The zero-order chi connectivity index (χ0) is 13.0. The normalized spacial score (nSPS) is 25.7. The maximum Gasteiger partial charge on any atom is 0.430 e. The molecular formula is C12H13F3N2O. The van der Waals surface area contributed by atoms with Crippen LogP contribution in [0.3, 0.4) is 0 Å². The molecule has 2 heterocycles. The lowest BCUT2D eigenvalue weighted by Crippen LogP contribution is -2.57. The van der Waals surface area contributed by atoms with Gasteiger partial charge < -0.3 is 15.0 Å². The Bertz CT molecular complexity index is 489. The standard InChI is InChI=1S/C12H13F3N2O/c1-18-8-3-4-10-9(7-8)16-11(12(13,14)15)5-2-6-17(10)11/h3-4,7,16H,2,5-6H2,1H3. The number of methoxy groups -OCH3 is 1. The van der Waals surface area contributed by atoms with Crippen LogP contribution in [0.15, 0.2) is 18.2 Å². The molecule has 1 aromatic carbocycles. The van der Waals surface area contributed by atoms with E-state index in [2.05, 4.69) is 5.32 Å². The maximum absolute atomic E-state index is 13.3. The zero-order valence-electron chi connectivity index (χ0n) is 9.84. The molecular weight excluding hydrogens is 245 g/mol. The van der Waals surface area contributed by atoms with Crippen molar-refractivity contribution < 1.29 is 17.9 Å². The third-order valence-corrected chi connectivity index (χ3v) is 3.69. The second kappa shape index (κ2) is 3.46. The number of fused-ring (bicyclic) bond motifs is 3. The second-order valence-electron chi connectivity index (χ2n) is 4.62. The molecule has 0 aliphatic carbocycles. The smallest absolute Gasteiger partial charge is 0.430 e. The van der Waals surface area contributed by atoms with E-state index >= 15 is 0 Å². The average Bonchev–Trinajstić information content (AvgIpc) is 2.83. The van der Waals surface area contributed by atoms with Crippen LogP contribution in [-0.2, 0) is 0 Å². The van der Waals surface area contributed by atoms with E-state index in [1.165, 1.54) is 12.0 Å². The number of anilines is 2. The van der Waals surface area contributed by atoms with Gasteiger partial charge in [0.1, 0.15) is 5.75 Å². The molecule has 0 bridgehead atoms. The first-order valence-electron chi connectivity index (χ1n) is 5.78. The van der Waals surface area contributed by atoms with Crippen LogP contribution >= 0.6 is 0 Å². The van der Waals surface area contributed by atoms with E-state index in [9.17, 15) is 13.2 Å². The average molecular weight is 258 g/mol. The number of hydrogen-bond acceptors (Lipinski definition) is 3. The molecule has 1 unspecified atom stereocenters. The molecule has 1 saturated heterocycles. The molecule has 18 heavy (non-hydrogen) atoms. The van der Waals surface area contributed by atoms with Crippen molar-refractivity contribution in [2.24, 2.45) is 0 Å². The summed E-state index contributed by atoms with van der Waals surface area (Å²) in [6.07, 6.45) is -3.68. The summed E-state index contributed by atoms with van der Waals surface area (Å²) in [5.41, 5.74) is -0.834. The van der Waals surface area contributed by atoms with Gasteiger partial charge in [0, 0.05) is 19.0 Å². The first-order valence-corrected chi connectivity index (χ1v) is 5.78. The van der Waals surface area contributed by atoms with Gasteiger partial charge in [0.15, 0.2) is 0 Å². The second-order valence-corrected chi connectivity index (χ2v) is 4.62. The van der Waals surface area contributed by atoms with E-state index in [1.54, 1.807) is 18.2 Å². The molecule has 2 aliphatic heterocycles. The van der Waals surface area contributed by atoms with E-state index in [-0.39, 0.29) is 6.42 Å². The fraction of sp³-hybridized carbons (Fsp3) is 0.500. The number of nitrogens with one attached hydrogen (secondary N) is 1. The van der Waals surface area contributed by atoms with Crippen LogP contribution in [-0.4, -0.2) is 25.5 Å². The van der Waals surface area contributed by atoms with Crippen LogP contribution in [0.25, 0.3) is 0 Å². The van der Waals surface area contributed by atoms with E-state index in [0.717, 1.165) is 0 Å². The zero-order valence-corrected chi connectivity index (χ0v) is 9.84. The lowest BCUT2D eigenvalue weighted by molar-refractivity contribution is -0.174. The number of ether oxygens (including phenoxy) is 1. The summed E-state index contributed by atoms with van der Waals surface area (Å²) < 4.78 is 45.0. The fourth-order valence-corrected chi connectivity index (χ4v) is 2.84. The molecule has 1 aromatic rings. The van der Waals surface area contributed by atoms with Crippen molar-refractivity contribution in [3.05, 3.63) is 18.2 Å². The Labute approximate surface area is 103 Å². The third-order valence-electron chi connectivity index (χ3n) is 3.69. The Morgan fingerprint density at radius 2 is 2.17 bits per heavy atom. The number of halogens is 3. The van der Waals surface area contributed by atoms with Crippen LogP contribution < -0.4 is 15.0 Å². The lowest BCUT2D eigenvalue weighted by Gasteiger charge is -2.35. The van der Waals surface area contributed by atoms with Crippen LogP contribution in [0, 0.1) is 0 Å². The summed E-state index contributed by atoms with van der Waals surface area (Å²) >= 11 is 0. The predicted octanol–water partition coefficient (Wildman–Crippen LogP) is 2.98. The van der Waals surface area contributed by atoms with Gasteiger partial charge in [0.2, 0.25) is 5.66 Å². The first kappa shape index (κ1) is 11.5. The Balaban J connectivity index is 2.08. The van der Waals surface area contributed by atoms with Gasteiger partial charge in [-0.2, -0.15) is 13.2 Å². The highest BCUT2D eigenvalue weighted by atomic mass is 19.4. The molecule has 0 amide bonds. The molecule has 1 fully saturated rings. The number of alkyl halides is 3. The van der Waals surface area contributed by atoms with Crippen LogP contribution in [0.1, 0.15) is 12.8 Å². The number of rotatable bonds is 1. The molecule has 6 heteroatoms. The topological polar surface area (TPSA) is 24.5 Å². The quantitative estimate of drug-likeness (QED) is 0.838. The number of benzene rings is 1. The van der Waals surface area contributed by atoms with E-state index in [1.807, 2.05) is 0 Å². The molecule has 0 radical (unpaired) electrons. The molecule has 3 rings (SSSR count).